The summed E-state index contributed by atoms with van der Waals surface area (Å²) in [5.74, 6) is 0. The molecule has 1 aliphatic heterocycles. The van der Waals surface area contributed by atoms with Gasteiger partial charge in [0.2, 0.25) is 0 Å². The Morgan fingerprint density at radius 2 is 1.93 bits per heavy atom. The SMILES string of the molecule is C=CCN1C=CN(CCCCCC)C1.Cl. The highest BCUT2D eigenvalue weighted by molar-refractivity contribution is 5.85. The van der Waals surface area contributed by atoms with Crippen LogP contribution in [-0.2, 0) is 0 Å². The van der Waals surface area contributed by atoms with E-state index in [2.05, 4.69) is 35.7 Å². The van der Waals surface area contributed by atoms with Gasteiger partial charge in [0.15, 0.2) is 0 Å². The Morgan fingerprint density at radius 1 is 1.20 bits per heavy atom. The van der Waals surface area contributed by atoms with Crippen LogP contribution in [0.1, 0.15) is 32.6 Å². The van der Waals surface area contributed by atoms with Crippen LogP contribution in [-0.4, -0.2) is 29.6 Å². The molecule has 0 unspecified atom stereocenters. The van der Waals surface area contributed by atoms with Gasteiger partial charge in [-0.2, -0.15) is 0 Å². The molecule has 0 aliphatic carbocycles. The zero-order chi connectivity index (χ0) is 10.2. The minimum Gasteiger partial charge on any atom is -0.359 e. The van der Waals surface area contributed by atoms with Gasteiger partial charge in [0.1, 0.15) is 0 Å². The second-order valence-electron chi connectivity index (χ2n) is 3.87. The minimum atomic E-state index is 0. The first kappa shape index (κ1) is 14.4. The van der Waals surface area contributed by atoms with Crippen molar-refractivity contribution in [2.24, 2.45) is 0 Å². The molecule has 2 nitrogen and oxygen atoms in total. The maximum Gasteiger partial charge on any atom is 0.0896 e. The lowest BCUT2D eigenvalue weighted by Crippen LogP contribution is -2.26. The van der Waals surface area contributed by atoms with E-state index >= 15 is 0 Å². The van der Waals surface area contributed by atoms with E-state index in [0.29, 0.717) is 0 Å². The molecule has 0 aromatic heterocycles. The first-order chi connectivity index (χ1) is 6.86. The first-order valence-corrected chi connectivity index (χ1v) is 5.64. The van der Waals surface area contributed by atoms with E-state index in [4.69, 9.17) is 0 Å². The van der Waals surface area contributed by atoms with Crippen LogP contribution in [0.5, 0.6) is 0 Å². The van der Waals surface area contributed by atoms with E-state index in [1.165, 1.54) is 32.2 Å². The molecular formula is C12H23ClN2. The summed E-state index contributed by atoms with van der Waals surface area (Å²) in [7, 11) is 0. The minimum absolute atomic E-state index is 0. The third kappa shape index (κ3) is 5.73. The van der Waals surface area contributed by atoms with Gasteiger partial charge in [-0.25, -0.2) is 0 Å². The van der Waals surface area contributed by atoms with Crippen LogP contribution in [0.3, 0.4) is 0 Å². The molecule has 0 saturated carbocycles. The monoisotopic (exact) mass is 230 g/mol. The molecular weight excluding hydrogens is 208 g/mol. The fraction of sp³-hybridized carbons (Fsp3) is 0.667. The molecule has 0 bridgehead atoms. The van der Waals surface area contributed by atoms with Gasteiger partial charge < -0.3 is 9.80 Å². The third-order valence-corrected chi connectivity index (χ3v) is 2.51. The summed E-state index contributed by atoms with van der Waals surface area (Å²) in [4.78, 5) is 4.64. The lowest BCUT2D eigenvalue weighted by molar-refractivity contribution is 0.276. The van der Waals surface area contributed by atoms with Crippen molar-refractivity contribution in [1.29, 1.82) is 0 Å². The molecule has 0 fully saturated rings. The lowest BCUT2D eigenvalue weighted by atomic mass is 10.2. The molecule has 0 atom stereocenters. The van der Waals surface area contributed by atoms with Crippen molar-refractivity contribution in [3.8, 4) is 0 Å². The van der Waals surface area contributed by atoms with Gasteiger partial charge in [-0.3, -0.25) is 0 Å². The smallest absolute Gasteiger partial charge is 0.0896 e. The predicted molar refractivity (Wildman–Crippen MR) is 69.0 cm³/mol. The fourth-order valence-electron chi connectivity index (χ4n) is 1.69. The molecule has 0 saturated heterocycles. The summed E-state index contributed by atoms with van der Waals surface area (Å²) >= 11 is 0. The van der Waals surface area contributed by atoms with E-state index in [1.807, 2.05) is 6.08 Å². The summed E-state index contributed by atoms with van der Waals surface area (Å²) in [5, 5.41) is 0. The van der Waals surface area contributed by atoms with Crippen molar-refractivity contribution in [3.05, 3.63) is 25.1 Å². The summed E-state index contributed by atoms with van der Waals surface area (Å²) in [6.07, 6.45) is 11.7. The van der Waals surface area contributed by atoms with E-state index in [-0.39, 0.29) is 12.4 Å². The van der Waals surface area contributed by atoms with Crippen LogP contribution in [0.15, 0.2) is 25.1 Å². The van der Waals surface area contributed by atoms with Crippen molar-refractivity contribution in [3.63, 3.8) is 0 Å². The van der Waals surface area contributed by atoms with E-state index in [1.54, 1.807) is 0 Å². The fourth-order valence-corrected chi connectivity index (χ4v) is 1.69. The average molecular weight is 231 g/mol. The van der Waals surface area contributed by atoms with Crippen molar-refractivity contribution in [2.45, 2.75) is 32.6 Å². The van der Waals surface area contributed by atoms with Gasteiger partial charge in [-0.15, -0.1) is 19.0 Å². The van der Waals surface area contributed by atoms with Gasteiger partial charge in [-0.05, 0) is 6.42 Å². The molecule has 3 heteroatoms. The van der Waals surface area contributed by atoms with Crippen molar-refractivity contribution < 1.29 is 0 Å². The molecule has 0 N–H and O–H groups in total. The largest absolute Gasteiger partial charge is 0.359 e. The quantitative estimate of drug-likeness (QED) is 0.490. The number of halogens is 1. The van der Waals surface area contributed by atoms with E-state index in [9.17, 15) is 0 Å². The van der Waals surface area contributed by atoms with Gasteiger partial charge in [-0.1, -0.05) is 32.3 Å². The van der Waals surface area contributed by atoms with Crippen LogP contribution >= 0.6 is 12.4 Å². The molecule has 1 rings (SSSR count). The Labute approximate surface area is 100 Å². The molecule has 0 spiro atoms. The highest BCUT2D eigenvalue weighted by Gasteiger charge is 2.09. The number of hydrogen-bond donors (Lipinski definition) is 0. The van der Waals surface area contributed by atoms with Crippen molar-refractivity contribution in [1.82, 2.24) is 9.80 Å². The number of rotatable bonds is 7. The van der Waals surface area contributed by atoms with Crippen LogP contribution < -0.4 is 0 Å². The third-order valence-electron chi connectivity index (χ3n) is 2.51. The molecule has 88 valence electrons. The molecule has 0 aromatic rings. The molecule has 0 amide bonds. The highest BCUT2D eigenvalue weighted by atomic mass is 35.5. The number of hydrogen-bond acceptors (Lipinski definition) is 2. The Bertz CT molecular complexity index is 192. The van der Waals surface area contributed by atoms with Gasteiger partial charge in [0, 0.05) is 25.5 Å². The average Bonchev–Trinajstić information content (AvgIpc) is 2.61. The molecule has 0 radical (unpaired) electrons. The topological polar surface area (TPSA) is 6.48 Å². The van der Waals surface area contributed by atoms with Gasteiger partial charge in [0.25, 0.3) is 0 Å². The molecule has 1 aliphatic rings. The van der Waals surface area contributed by atoms with E-state index in [0.717, 1.165) is 13.2 Å². The van der Waals surface area contributed by atoms with Gasteiger partial charge >= 0.3 is 0 Å². The highest BCUT2D eigenvalue weighted by Crippen LogP contribution is 2.08. The van der Waals surface area contributed by atoms with Crippen LogP contribution in [0, 0.1) is 0 Å². The Hall–Kier alpha value is -0.630. The summed E-state index contributed by atoms with van der Waals surface area (Å²) < 4.78 is 0. The zero-order valence-corrected chi connectivity index (χ0v) is 10.5. The Kier molecular flexibility index (Phi) is 8.30. The van der Waals surface area contributed by atoms with Crippen molar-refractivity contribution in [2.75, 3.05) is 19.8 Å². The summed E-state index contributed by atoms with van der Waals surface area (Å²) in [6, 6.07) is 0. The normalized spacial score (nSPS) is 14.2. The van der Waals surface area contributed by atoms with Crippen LogP contribution in [0.25, 0.3) is 0 Å². The maximum absolute atomic E-state index is 3.74. The van der Waals surface area contributed by atoms with Gasteiger partial charge in [0.05, 0.1) is 6.67 Å². The lowest BCUT2D eigenvalue weighted by Gasteiger charge is -2.19. The first-order valence-electron chi connectivity index (χ1n) is 5.64. The number of unbranched alkanes of at least 4 members (excludes halogenated alkanes) is 3. The van der Waals surface area contributed by atoms with E-state index < -0.39 is 0 Å². The maximum atomic E-state index is 3.74. The molecule has 15 heavy (non-hydrogen) atoms. The molecule has 0 aromatic carbocycles. The summed E-state index contributed by atoms with van der Waals surface area (Å²) in [6.45, 7) is 9.19. The standard InChI is InChI=1S/C12H22N2.ClH/c1-3-5-6-7-9-14-11-10-13(12-14)8-4-2;/h4,10-11H,2-3,5-9,12H2,1H3;1H. The Balaban J connectivity index is 0.00000196. The Morgan fingerprint density at radius 3 is 2.60 bits per heavy atom. The predicted octanol–water partition coefficient (Wildman–Crippen LogP) is 3.22. The second kappa shape index (κ2) is 8.66. The van der Waals surface area contributed by atoms with Crippen LogP contribution in [0.2, 0.25) is 0 Å². The van der Waals surface area contributed by atoms with Crippen molar-refractivity contribution >= 4 is 12.4 Å². The summed E-state index contributed by atoms with van der Waals surface area (Å²) in [5.41, 5.74) is 0. The van der Waals surface area contributed by atoms with Crippen LogP contribution in [0.4, 0.5) is 0 Å². The number of nitrogens with zero attached hydrogens (tertiary/aromatic N) is 2. The second-order valence-corrected chi connectivity index (χ2v) is 3.87. The zero-order valence-electron chi connectivity index (χ0n) is 9.69. The molecule has 1 heterocycles.